The van der Waals surface area contributed by atoms with E-state index in [9.17, 15) is 0 Å². The maximum Gasteiger partial charge on any atom is 0.166 e. The Balaban J connectivity index is 0.000000880. The number of pyridine rings is 2. The van der Waals surface area contributed by atoms with Gasteiger partial charge < -0.3 is 5.32 Å². The zero-order valence-corrected chi connectivity index (χ0v) is 16.1. The van der Waals surface area contributed by atoms with Gasteiger partial charge in [-0.25, -0.2) is 4.98 Å². The van der Waals surface area contributed by atoms with Crippen LogP contribution in [0.25, 0.3) is 20.4 Å². The van der Waals surface area contributed by atoms with Crippen LogP contribution in [-0.4, -0.2) is 19.7 Å². The van der Waals surface area contributed by atoms with Crippen LogP contribution in [0.2, 0.25) is 0 Å². The molecule has 4 aromatic heterocycles. The molecule has 6 heteroatoms. The summed E-state index contributed by atoms with van der Waals surface area (Å²) in [5.74, 6) is 0.916. The molecule has 4 rings (SSSR count). The molecule has 0 aliphatic heterocycles. The van der Waals surface area contributed by atoms with E-state index in [0.717, 1.165) is 33.1 Å². The molecule has 0 aliphatic rings. The Morgan fingerprint density at radius 3 is 2.60 bits per heavy atom. The van der Waals surface area contributed by atoms with Crippen LogP contribution in [0.1, 0.15) is 30.7 Å². The normalized spacial score (nSPS) is 10.8. The molecule has 4 aromatic rings. The van der Waals surface area contributed by atoms with Gasteiger partial charge in [0.25, 0.3) is 0 Å². The van der Waals surface area contributed by atoms with Crippen LogP contribution in [0, 0.1) is 13.8 Å². The fraction of sp³-hybridized carbons (Fsp3) is 0.316. The Hall–Kier alpha value is -2.47. The van der Waals surface area contributed by atoms with Crippen molar-refractivity contribution in [2.24, 2.45) is 7.05 Å². The number of aryl methyl sites for hydroxylation is 3. The van der Waals surface area contributed by atoms with Crippen LogP contribution in [0.4, 0.5) is 5.82 Å². The van der Waals surface area contributed by atoms with Crippen molar-refractivity contribution in [2.45, 2.75) is 34.2 Å². The van der Waals surface area contributed by atoms with Crippen LogP contribution in [-0.2, 0) is 13.6 Å². The third kappa shape index (κ3) is 3.22. The zero-order valence-electron chi connectivity index (χ0n) is 15.3. The van der Waals surface area contributed by atoms with Gasteiger partial charge in [0.15, 0.2) is 5.82 Å². The van der Waals surface area contributed by atoms with Crippen LogP contribution in [0.15, 0.2) is 30.6 Å². The van der Waals surface area contributed by atoms with Gasteiger partial charge in [0.2, 0.25) is 0 Å². The monoisotopic (exact) mass is 353 g/mol. The number of fused-ring (bicyclic) bond motifs is 3. The molecule has 0 aliphatic carbocycles. The topological polar surface area (TPSA) is 55.6 Å². The van der Waals surface area contributed by atoms with E-state index in [1.807, 2.05) is 44.6 Å². The lowest BCUT2D eigenvalue weighted by Crippen LogP contribution is -2.01. The van der Waals surface area contributed by atoms with E-state index in [2.05, 4.69) is 33.4 Å². The predicted molar refractivity (Wildman–Crippen MR) is 106 cm³/mol. The average Bonchev–Trinajstić information content (AvgIpc) is 3.13. The summed E-state index contributed by atoms with van der Waals surface area (Å²) >= 11 is 1.70. The van der Waals surface area contributed by atoms with Gasteiger partial charge in [0, 0.05) is 37.1 Å². The number of aromatic nitrogens is 4. The molecule has 0 unspecified atom stereocenters. The van der Waals surface area contributed by atoms with E-state index in [1.54, 1.807) is 23.7 Å². The molecule has 0 saturated carbocycles. The Kier molecular flexibility index (Phi) is 4.99. The molecule has 0 radical (unpaired) electrons. The third-order valence-corrected chi connectivity index (χ3v) is 5.04. The van der Waals surface area contributed by atoms with Crippen LogP contribution in [0.3, 0.4) is 0 Å². The lowest BCUT2D eigenvalue weighted by Gasteiger charge is -2.02. The Morgan fingerprint density at radius 1 is 1.16 bits per heavy atom. The number of hydrogen-bond acceptors (Lipinski definition) is 5. The largest absolute Gasteiger partial charge is 0.363 e. The maximum absolute atomic E-state index is 4.69. The van der Waals surface area contributed by atoms with Gasteiger partial charge in [0.05, 0.1) is 10.2 Å². The number of anilines is 1. The molecular formula is C19H23N5S. The Bertz CT molecular complexity index is 1000. The summed E-state index contributed by atoms with van der Waals surface area (Å²) in [5.41, 5.74) is 4.65. The first-order valence-electron chi connectivity index (χ1n) is 8.49. The summed E-state index contributed by atoms with van der Waals surface area (Å²) in [5, 5.41) is 9.30. The first-order valence-corrected chi connectivity index (χ1v) is 9.31. The van der Waals surface area contributed by atoms with E-state index in [1.165, 1.54) is 16.5 Å². The van der Waals surface area contributed by atoms with Gasteiger partial charge in [-0.1, -0.05) is 13.8 Å². The lowest BCUT2D eigenvalue weighted by molar-refractivity contribution is 0.799. The maximum atomic E-state index is 4.69. The van der Waals surface area contributed by atoms with Crippen LogP contribution in [0.5, 0.6) is 0 Å². The van der Waals surface area contributed by atoms with Crippen LogP contribution >= 0.6 is 11.3 Å². The molecule has 4 heterocycles. The smallest absolute Gasteiger partial charge is 0.166 e. The molecule has 25 heavy (non-hydrogen) atoms. The van der Waals surface area contributed by atoms with Crippen molar-refractivity contribution in [2.75, 3.05) is 5.32 Å². The summed E-state index contributed by atoms with van der Waals surface area (Å²) in [4.78, 5) is 9.82. The minimum atomic E-state index is 0.730. The second-order valence-corrected chi connectivity index (χ2v) is 6.72. The summed E-state index contributed by atoms with van der Waals surface area (Å²) in [7, 11) is 1.99. The molecule has 5 nitrogen and oxygen atoms in total. The second-order valence-electron chi connectivity index (χ2n) is 5.72. The highest BCUT2D eigenvalue weighted by atomic mass is 32.1. The first-order chi connectivity index (χ1) is 12.1. The molecule has 0 fully saturated rings. The number of hydrogen-bond donors (Lipinski definition) is 1. The highest BCUT2D eigenvalue weighted by Gasteiger charge is 2.17. The summed E-state index contributed by atoms with van der Waals surface area (Å²) in [6.45, 7) is 8.91. The number of nitrogens with one attached hydrogen (secondary N) is 1. The van der Waals surface area contributed by atoms with Crippen molar-refractivity contribution >= 4 is 37.6 Å². The fourth-order valence-corrected chi connectivity index (χ4v) is 4.22. The van der Waals surface area contributed by atoms with Crippen LogP contribution < -0.4 is 5.32 Å². The minimum Gasteiger partial charge on any atom is -0.363 e. The quantitative estimate of drug-likeness (QED) is 0.573. The average molecular weight is 353 g/mol. The Labute approximate surface area is 151 Å². The van der Waals surface area contributed by atoms with Gasteiger partial charge in [-0.3, -0.25) is 9.67 Å². The fourth-order valence-electron chi connectivity index (χ4n) is 2.94. The van der Waals surface area contributed by atoms with Crippen molar-refractivity contribution in [1.82, 2.24) is 19.7 Å². The molecule has 130 valence electrons. The van der Waals surface area contributed by atoms with Gasteiger partial charge in [0.1, 0.15) is 4.83 Å². The zero-order chi connectivity index (χ0) is 18.0. The number of rotatable bonds is 3. The van der Waals surface area contributed by atoms with Crippen molar-refractivity contribution in [3.63, 3.8) is 0 Å². The van der Waals surface area contributed by atoms with E-state index in [0.29, 0.717) is 0 Å². The molecule has 0 atom stereocenters. The van der Waals surface area contributed by atoms with Crippen molar-refractivity contribution < 1.29 is 0 Å². The van der Waals surface area contributed by atoms with Crippen molar-refractivity contribution in [3.8, 4) is 0 Å². The highest BCUT2D eigenvalue weighted by molar-refractivity contribution is 7.26. The highest BCUT2D eigenvalue weighted by Crippen LogP contribution is 2.38. The van der Waals surface area contributed by atoms with Gasteiger partial charge in [-0.05, 0) is 43.2 Å². The molecule has 0 saturated heterocycles. The molecule has 0 aromatic carbocycles. The van der Waals surface area contributed by atoms with Gasteiger partial charge >= 0.3 is 0 Å². The van der Waals surface area contributed by atoms with Gasteiger partial charge in [-0.2, -0.15) is 5.10 Å². The summed E-state index contributed by atoms with van der Waals surface area (Å²) in [6.07, 6.45) is 3.61. The van der Waals surface area contributed by atoms with E-state index in [-0.39, 0.29) is 0 Å². The second kappa shape index (κ2) is 7.19. The van der Waals surface area contributed by atoms with Crippen molar-refractivity contribution in [1.29, 1.82) is 0 Å². The van der Waals surface area contributed by atoms with E-state index < -0.39 is 0 Å². The lowest BCUT2D eigenvalue weighted by atomic mass is 10.1. The van der Waals surface area contributed by atoms with Gasteiger partial charge in [-0.15, -0.1) is 11.3 Å². The molecule has 1 N–H and O–H groups in total. The molecular weight excluding hydrogens is 330 g/mol. The third-order valence-electron chi connectivity index (χ3n) is 3.96. The standard InChI is InChI=1S/C17H17N5S.C2H6/c1-10-8-11(2)20-17-13(10)14-15(23-17)16(21-22(14)3)19-9-12-4-6-18-7-5-12;1-2/h4-8H,9H2,1-3H3,(H,19,21);1-2H3. The SMILES string of the molecule is CC.Cc1cc(C)c2c(n1)sc1c(NCc3ccncc3)nn(C)c12. The summed E-state index contributed by atoms with van der Waals surface area (Å²) in [6, 6.07) is 6.14. The molecule has 0 bridgehead atoms. The first kappa shape index (κ1) is 17.4. The number of nitrogens with zero attached hydrogens (tertiary/aromatic N) is 4. The predicted octanol–water partition coefficient (Wildman–Crippen LogP) is 4.83. The molecule has 0 spiro atoms. The van der Waals surface area contributed by atoms with E-state index >= 15 is 0 Å². The van der Waals surface area contributed by atoms with Crippen molar-refractivity contribution in [3.05, 3.63) is 47.4 Å². The number of thiophene rings is 1. The van der Waals surface area contributed by atoms with E-state index in [4.69, 9.17) is 0 Å². The summed E-state index contributed by atoms with van der Waals surface area (Å²) < 4.78 is 3.12. The molecule has 0 amide bonds. The minimum absolute atomic E-state index is 0.730. The Morgan fingerprint density at radius 2 is 1.88 bits per heavy atom.